The highest BCUT2D eigenvalue weighted by molar-refractivity contribution is 5.76. The van der Waals surface area contributed by atoms with Crippen LogP contribution in [0.4, 0.5) is 5.69 Å². The van der Waals surface area contributed by atoms with E-state index in [1.807, 2.05) is 24.3 Å². The van der Waals surface area contributed by atoms with Crippen molar-refractivity contribution in [3.8, 4) is 0 Å². The molecule has 1 aliphatic carbocycles. The van der Waals surface area contributed by atoms with E-state index >= 15 is 0 Å². The van der Waals surface area contributed by atoms with Crippen molar-refractivity contribution < 1.29 is 4.42 Å². The van der Waals surface area contributed by atoms with Crippen LogP contribution in [0.25, 0.3) is 0 Å². The minimum atomic E-state index is 0.617. The van der Waals surface area contributed by atoms with Crippen LogP contribution in [0.1, 0.15) is 36.3 Å². The molecule has 0 aliphatic heterocycles. The van der Waals surface area contributed by atoms with Crippen LogP contribution in [0.5, 0.6) is 0 Å². The number of hydrazone groups is 1. The highest BCUT2D eigenvalue weighted by Crippen LogP contribution is 2.47. The van der Waals surface area contributed by atoms with E-state index in [1.165, 1.54) is 12.0 Å². The maximum absolute atomic E-state index is 5.76. The molecule has 0 radical (unpaired) electrons. The predicted octanol–water partition coefficient (Wildman–Crippen LogP) is 4.16. The number of para-hydroxylation sites is 1. The Bertz CT molecular complexity index is 600. The van der Waals surface area contributed by atoms with E-state index in [4.69, 9.17) is 4.42 Å². The quantitative estimate of drug-likeness (QED) is 0.657. The number of aryl methyl sites for hydroxylation is 1. The number of nitrogens with one attached hydrogen (secondary N) is 1. The summed E-state index contributed by atoms with van der Waals surface area (Å²) in [5, 5.41) is 4.22. The van der Waals surface area contributed by atoms with Gasteiger partial charge in [0, 0.05) is 5.92 Å². The van der Waals surface area contributed by atoms with Crippen molar-refractivity contribution in [2.45, 2.75) is 26.2 Å². The fraction of sp³-hybridized carbons (Fsp3) is 0.312. The van der Waals surface area contributed by atoms with Gasteiger partial charge in [-0.15, -0.1) is 0 Å². The van der Waals surface area contributed by atoms with E-state index in [2.05, 4.69) is 36.5 Å². The van der Waals surface area contributed by atoms with Crippen LogP contribution in [-0.2, 0) is 0 Å². The zero-order chi connectivity index (χ0) is 13.2. The normalized spacial score (nSPS) is 21.8. The second-order valence-electron chi connectivity index (χ2n) is 5.24. The number of hydrogen-bond donors (Lipinski definition) is 1. The zero-order valence-corrected chi connectivity index (χ0v) is 11.3. The molecule has 19 heavy (non-hydrogen) atoms. The summed E-state index contributed by atoms with van der Waals surface area (Å²) in [6, 6.07) is 12.1. The molecule has 0 spiro atoms. The molecule has 0 bridgehead atoms. The van der Waals surface area contributed by atoms with Crippen molar-refractivity contribution in [2.24, 2.45) is 11.0 Å². The molecular formula is C16H18N2O. The molecule has 3 rings (SSSR count). The largest absolute Gasteiger partial charge is 0.460 e. The smallest absolute Gasteiger partial charge is 0.147 e. The fourth-order valence-electron chi connectivity index (χ4n) is 2.22. The van der Waals surface area contributed by atoms with Crippen molar-refractivity contribution in [3.05, 3.63) is 53.5 Å². The van der Waals surface area contributed by atoms with Gasteiger partial charge in [0.05, 0.1) is 11.9 Å². The number of furan rings is 1. The third-order valence-electron chi connectivity index (χ3n) is 3.64. The number of rotatable bonds is 4. The molecule has 3 nitrogen and oxygen atoms in total. The molecule has 1 N–H and O–H groups in total. The average molecular weight is 254 g/mol. The highest BCUT2D eigenvalue weighted by atomic mass is 16.3. The van der Waals surface area contributed by atoms with Crippen molar-refractivity contribution in [1.82, 2.24) is 0 Å². The Morgan fingerprint density at radius 2 is 2.05 bits per heavy atom. The maximum atomic E-state index is 5.76. The average Bonchev–Trinajstić information content (AvgIpc) is 2.96. The second-order valence-corrected chi connectivity index (χ2v) is 5.24. The molecule has 0 amide bonds. The Morgan fingerprint density at radius 3 is 2.79 bits per heavy atom. The first kappa shape index (κ1) is 12.0. The third-order valence-corrected chi connectivity index (χ3v) is 3.64. The zero-order valence-electron chi connectivity index (χ0n) is 11.3. The summed E-state index contributed by atoms with van der Waals surface area (Å²) in [7, 11) is 0. The summed E-state index contributed by atoms with van der Waals surface area (Å²) in [5.74, 6) is 3.27. The summed E-state index contributed by atoms with van der Waals surface area (Å²) in [5.41, 5.74) is 5.22. The Hall–Kier alpha value is -2.03. The Labute approximate surface area is 113 Å². The lowest BCUT2D eigenvalue weighted by molar-refractivity contribution is 0.500. The Morgan fingerprint density at radius 1 is 1.26 bits per heavy atom. The van der Waals surface area contributed by atoms with Crippen LogP contribution in [0.3, 0.4) is 0 Å². The van der Waals surface area contributed by atoms with Crippen LogP contribution in [0, 0.1) is 12.8 Å². The van der Waals surface area contributed by atoms with Gasteiger partial charge in [0.25, 0.3) is 0 Å². The van der Waals surface area contributed by atoms with Gasteiger partial charge in [0.2, 0.25) is 0 Å². The van der Waals surface area contributed by atoms with Gasteiger partial charge in [-0.2, -0.15) is 5.10 Å². The standard InChI is InChI=1S/C16H18N2O/c1-11-5-3-4-6-15(11)18-17-10-13-7-8-16(19-13)14-9-12(14)2/h3-8,10,12,14,18H,9H2,1-2H3/b17-10-/t12-,14+/m0/s1. The Kier molecular flexibility index (Phi) is 3.11. The van der Waals surface area contributed by atoms with E-state index in [0.717, 1.165) is 23.1 Å². The summed E-state index contributed by atoms with van der Waals surface area (Å²) in [6.07, 6.45) is 2.97. The summed E-state index contributed by atoms with van der Waals surface area (Å²) < 4.78 is 5.76. The van der Waals surface area contributed by atoms with Gasteiger partial charge in [0.1, 0.15) is 11.5 Å². The molecule has 2 atom stereocenters. The second kappa shape index (κ2) is 4.92. The molecule has 0 saturated heterocycles. The number of nitrogens with zero attached hydrogens (tertiary/aromatic N) is 1. The van der Waals surface area contributed by atoms with Gasteiger partial charge in [-0.25, -0.2) is 0 Å². The summed E-state index contributed by atoms with van der Waals surface area (Å²) in [6.45, 7) is 4.30. The first-order chi connectivity index (χ1) is 9.24. The van der Waals surface area contributed by atoms with Crippen molar-refractivity contribution in [1.29, 1.82) is 0 Å². The molecule has 1 saturated carbocycles. The number of anilines is 1. The van der Waals surface area contributed by atoms with Gasteiger partial charge in [-0.1, -0.05) is 25.1 Å². The van der Waals surface area contributed by atoms with Crippen LogP contribution in [0.2, 0.25) is 0 Å². The molecule has 1 aromatic heterocycles. The third kappa shape index (κ3) is 2.70. The minimum Gasteiger partial charge on any atom is -0.460 e. The molecule has 1 aromatic carbocycles. The molecule has 2 aromatic rings. The summed E-state index contributed by atoms with van der Waals surface area (Å²) >= 11 is 0. The lowest BCUT2D eigenvalue weighted by Crippen LogP contribution is -1.91. The molecular weight excluding hydrogens is 236 g/mol. The molecule has 0 unspecified atom stereocenters. The van der Waals surface area contributed by atoms with Gasteiger partial charge in [0.15, 0.2) is 0 Å². The number of benzene rings is 1. The van der Waals surface area contributed by atoms with E-state index in [0.29, 0.717) is 5.92 Å². The van der Waals surface area contributed by atoms with E-state index in [9.17, 15) is 0 Å². The van der Waals surface area contributed by atoms with Crippen LogP contribution in [-0.4, -0.2) is 6.21 Å². The Balaban J connectivity index is 1.63. The molecule has 3 heteroatoms. The van der Waals surface area contributed by atoms with Crippen LogP contribution >= 0.6 is 0 Å². The molecule has 1 aliphatic rings. The van der Waals surface area contributed by atoms with Crippen molar-refractivity contribution >= 4 is 11.9 Å². The predicted molar refractivity (Wildman–Crippen MR) is 77.6 cm³/mol. The highest BCUT2D eigenvalue weighted by Gasteiger charge is 2.36. The van der Waals surface area contributed by atoms with E-state index in [1.54, 1.807) is 6.21 Å². The number of hydrogen-bond acceptors (Lipinski definition) is 3. The van der Waals surface area contributed by atoms with Crippen LogP contribution < -0.4 is 5.43 Å². The van der Waals surface area contributed by atoms with Gasteiger partial charge < -0.3 is 4.42 Å². The fourth-order valence-corrected chi connectivity index (χ4v) is 2.22. The minimum absolute atomic E-state index is 0.617. The monoisotopic (exact) mass is 254 g/mol. The van der Waals surface area contributed by atoms with Gasteiger partial charge >= 0.3 is 0 Å². The topological polar surface area (TPSA) is 37.5 Å². The lowest BCUT2D eigenvalue weighted by Gasteiger charge is -2.02. The lowest BCUT2D eigenvalue weighted by atomic mass is 10.2. The summed E-state index contributed by atoms with van der Waals surface area (Å²) in [4.78, 5) is 0. The maximum Gasteiger partial charge on any atom is 0.147 e. The van der Waals surface area contributed by atoms with Gasteiger partial charge in [-0.05, 0) is 43.0 Å². The van der Waals surface area contributed by atoms with Crippen molar-refractivity contribution in [2.75, 3.05) is 5.43 Å². The first-order valence-electron chi connectivity index (χ1n) is 6.68. The van der Waals surface area contributed by atoms with Crippen LogP contribution in [0.15, 0.2) is 45.9 Å². The van der Waals surface area contributed by atoms with Gasteiger partial charge in [-0.3, -0.25) is 5.43 Å². The van der Waals surface area contributed by atoms with Crippen molar-refractivity contribution in [3.63, 3.8) is 0 Å². The van der Waals surface area contributed by atoms with E-state index < -0.39 is 0 Å². The van der Waals surface area contributed by atoms with E-state index in [-0.39, 0.29) is 0 Å². The first-order valence-corrected chi connectivity index (χ1v) is 6.68. The molecule has 1 fully saturated rings. The SMILES string of the molecule is Cc1ccccc1N/N=C\c1ccc([C@@H]2C[C@@H]2C)o1. The molecule has 98 valence electrons. The molecule has 1 heterocycles.